The van der Waals surface area contributed by atoms with E-state index in [1.54, 1.807) is 24.3 Å². The molecule has 1 atom stereocenters. The fourth-order valence-electron chi connectivity index (χ4n) is 11.7. The zero-order chi connectivity index (χ0) is 58.5. The topological polar surface area (TPSA) is 120 Å². The third kappa shape index (κ3) is 9.98. The van der Waals surface area contributed by atoms with Crippen LogP contribution in [0.5, 0.6) is 46.0 Å². The molecule has 0 bridgehead atoms. The average Bonchev–Trinajstić information content (AvgIpc) is 0.808. The molecular weight excluding hydrogens is 1020 g/mol. The Morgan fingerprint density at radius 1 is 0.390 bits per heavy atom. The maximum Gasteiger partial charge on any atom is 0.261 e. The molecule has 0 saturated carbocycles. The quantitative estimate of drug-likeness (QED) is 0.0649. The minimum Gasteiger partial charge on any atom is -0.457 e. The molecule has 0 radical (unpaired) electrons. The number of hydrogen-bond donors (Lipinski definition) is 1. The minimum atomic E-state index is -0.600. The zero-order valence-electron chi connectivity index (χ0n) is 49.9. The van der Waals surface area contributed by atoms with Gasteiger partial charge in [0.1, 0.15) is 46.0 Å². The van der Waals surface area contributed by atoms with E-state index in [1.807, 2.05) is 97.1 Å². The van der Waals surface area contributed by atoms with Crippen LogP contribution in [0, 0.1) is 5.92 Å². The van der Waals surface area contributed by atoms with Crippen LogP contribution >= 0.6 is 0 Å². The first-order chi connectivity index (χ1) is 38.7. The largest absolute Gasteiger partial charge is 0.457 e. The number of nitrogens with zero attached hydrogens (tertiary/aromatic N) is 1. The second-order valence-corrected chi connectivity index (χ2v) is 26.6. The highest BCUT2D eigenvalue weighted by molar-refractivity contribution is 6.44. The van der Waals surface area contributed by atoms with Crippen molar-refractivity contribution in [2.75, 3.05) is 6.54 Å². The number of fused-ring (bicyclic) bond motifs is 2. The summed E-state index contributed by atoms with van der Waals surface area (Å²) in [6, 6.07) is 38.5. The number of hydrogen-bond acceptors (Lipinski definition) is 8. The fourth-order valence-corrected chi connectivity index (χ4v) is 11.7. The molecule has 2 aliphatic rings. The van der Waals surface area contributed by atoms with Crippen molar-refractivity contribution in [3.8, 4) is 46.0 Å². The molecule has 10 nitrogen and oxygen atoms in total. The molecule has 0 aliphatic carbocycles. The van der Waals surface area contributed by atoms with Gasteiger partial charge in [-0.25, -0.2) is 0 Å². The number of carbonyl (C=O) groups excluding carboxylic acids is 4. The van der Waals surface area contributed by atoms with Gasteiger partial charge in [-0.3, -0.25) is 29.4 Å². The molecule has 2 aliphatic heterocycles. The Bertz CT molecular complexity index is 3790. The molecule has 0 spiro atoms. The van der Waals surface area contributed by atoms with Gasteiger partial charge in [0.05, 0.1) is 22.3 Å². The number of amides is 4. The van der Waals surface area contributed by atoms with Crippen molar-refractivity contribution in [2.45, 2.75) is 144 Å². The number of benzene rings is 9. The lowest BCUT2D eigenvalue weighted by molar-refractivity contribution is 0.0578. The lowest BCUT2D eigenvalue weighted by atomic mass is 9.80. The number of ether oxygens (including phenoxy) is 4. The zero-order valence-corrected chi connectivity index (χ0v) is 49.9. The molecule has 10 heteroatoms. The Balaban J connectivity index is 1.33. The van der Waals surface area contributed by atoms with Crippen LogP contribution in [0.2, 0.25) is 0 Å². The van der Waals surface area contributed by atoms with Gasteiger partial charge in [0, 0.05) is 49.6 Å². The molecular formula is C72H74N2O8. The van der Waals surface area contributed by atoms with Gasteiger partial charge in [-0.2, -0.15) is 0 Å². The van der Waals surface area contributed by atoms with Crippen LogP contribution in [0.15, 0.2) is 121 Å². The summed E-state index contributed by atoms with van der Waals surface area (Å²) in [7, 11) is 0. The molecule has 9 aromatic rings. The smallest absolute Gasteiger partial charge is 0.261 e. The van der Waals surface area contributed by atoms with E-state index in [0.29, 0.717) is 66.1 Å². The second-order valence-electron chi connectivity index (χ2n) is 26.6. The molecule has 1 unspecified atom stereocenters. The summed E-state index contributed by atoms with van der Waals surface area (Å²) in [5, 5.41) is 6.24. The first-order valence-electron chi connectivity index (χ1n) is 28.9. The molecule has 82 heavy (non-hydrogen) atoms. The van der Waals surface area contributed by atoms with Gasteiger partial charge in [-0.05, 0) is 129 Å². The number of unbranched alkanes of at least 4 members (excludes halogenated alkanes) is 1. The van der Waals surface area contributed by atoms with Gasteiger partial charge in [0.15, 0.2) is 0 Å². The van der Waals surface area contributed by atoms with Gasteiger partial charge >= 0.3 is 0 Å². The molecule has 11 rings (SSSR count). The predicted octanol–water partition coefficient (Wildman–Crippen LogP) is 18.8. The number of nitrogens with one attached hydrogen (secondary N) is 1. The van der Waals surface area contributed by atoms with E-state index in [4.69, 9.17) is 18.9 Å². The van der Waals surface area contributed by atoms with Gasteiger partial charge in [-0.1, -0.05) is 165 Å². The molecule has 420 valence electrons. The lowest BCUT2D eigenvalue weighted by Crippen LogP contribution is -2.43. The Hall–Kier alpha value is -8.24. The minimum absolute atomic E-state index is 0.0668. The Labute approximate surface area is 481 Å². The molecule has 0 aromatic heterocycles. The van der Waals surface area contributed by atoms with Crippen molar-refractivity contribution in [1.82, 2.24) is 10.2 Å². The van der Waals surface area contributed by atoms with Crippen molar-refractivity contribution in [3.05, 3.63) is 166 Å². The standard InChI is InChI=1S/C72H74N2O8/c1-15-17-18-40(16-2)39-74-67(77)51-37-55(81-47-31-23-43(24-32-47)71(9,10)11)61-59-53(79-45-27-19-41(20-28-45)69(3,4)5)35-49-57-50(66(76)73-65(49)75)36-54(80-46-29-21-42(22-30-46)70(6,7)8)60(63(57)59)62-56(38-52(68(74)78)58(51)64(61)62)82-48-33-25-44(26-34-48)72(12,13)14/h19-38,40H,15-18,39H2,1-14H3,(H,73,75,76). The van der Waals surface area contributed by atoms with Crippen LogP contribution in [0.1, 0.15) is 186 Å². The van der Waals surface area contributed by atoms with Crippen LogP contribution in [0.3, 0.4) is 0 Å². The third-order valence-electron chi connectivity index (χ3n) is 16.6. The van der Waals surface area contributed by atoms with E-state index < -0.39 is 23.6 Å². The van der Waals surface area contributed by atoms with E-state index >= 15 is 9.59 Å². The summed E-state index contributed by atoms with van der Waals surface area (Å²) in [6.07, 6.45) is 3.59. The van der Waals surface area contributed by atoms with Crippen molar-refractivity contribution >= 4 is 66.7 Å². The summed E-state index contributed by atoms with van der Waals surface area (Å²) < 4.78 is 28.7. The van der Waals surface area contributed by atoms with Crippen LogP contribution < -0.4 is 24.3 Å². The molecule has 4 amide bonds. The predicted molar refractivity (Wildman–Crippen MR) is 329 cm³/mol. The fraction of sp³-hybridized carbons (Fsp3) is 0.333. The molecule has 9 aromatic carbocycles. The van der Waals surface area contributed by atoms with Crippen molar-refractivity contribution in [3.63, 3.8) is 0 Å². The number of imide groups is 2. The first-order valence-corrected chi connectivity index (χ1v) is 28.9. The Kier molecular flexibility index (Phi) is 13.8. The van der Waals surface area contributed by atoms with Crippen LogP contribution in [0.4, 0.5) is 0 Å². The Morgan fingerprint density at radius 3 is 0.939 bits per heavy atom. The van der Waals surface area contributed by atoms with E-state index in [1.165, 1.54) is 4.90 Å². The second kappa shape index (κ2) is 20.3. The maximum atomic E-state index is 15.7. The highest BCUT2D eigenvalue weighted by Crippen LogP contribution is 2.58. The normalized spacial score (nSPS) is 14.3. The molecule has 0 saturated heterocycles. The monoisotopic (exact) mass is 1090 g/mol. The van der Waals surface area contributed by atoms with Gasteiger partial charge in [-0.15, -0.1) is 0 Å². The summed E-state index contributed by atoms with van der Waals surface area (Å²) in [4.78, 5) is 61.8. The highest BCUT2D eigenvalue weighted by atomic mass is 16.5. The molecule has 0 fully saturated rings. The van der Waals surface area contributed by atoms with E-state index in [2.05, 4.69) is 102 Å². The summed E-state index contributed by atoms with van der Waals surface area (Å²) in [5.41, 5.74) is 4.76. The average molecular weight is 1100 g/mol. The van der Waals surface area contributed by atoms with Crippen molar-refractivity contribution in [1.29, 1.82) is 0 Å². The lowest BCUT2D eigenvalue weighted by Gasteiger charge is -2.33. The van der Waals surface area contributed by atoms with Crippen LogP contribution in [-0.4, -0.2) is 35.1 Å². The number of rotatable bonds is 14. The number of carbonyl (C=O) groups is 4. The van der Waals surface area contributed by atoms with Crippen LogP contribution in [-0.2, 0) is 21.7 Å². The highest BCUT2D eigenvalue weighted by Gasteiger charge is 2.41. The summed E-state index contributed by atoms with van der Waals surface area (Å²) in [6.45, 7) is 30.3. The summed E-state index contributed by atoms with van der Waals surface area (Å²) >= 11 is 0. The van der Waals surface area contributed by atoms with E-state index in [9.17, 15) is 9.59 Å². The summed E-state index contributed by atoms with van der Waals surface area (Å²) in [5.74, 6) is 1.08. The van der Waals surface area contributed by atoms with Gasteiger partial charge in [0.2, 0.25) is 0 Å². The SMILES string of the molecule is CCCCC(CC)CN1C(=O)c2cc(Oc3ccc(C(C)(C)C)cc3)c3c4c(Oc5ccc(C(C)(C)C)cc5)cc5c6c(cc(Oc7ccc(C(C)(C)C)cc7)c(c7c(Oc8ccc(C(C)(C)C)cc8)cc(c2c37)C1=O)c64)C(=O)NC5=O. The molecule has 1 N–H and O–H groups in total. The van der Waals surface area contributed by atoms with E-state index in [0.717, 1.165) is 47.9 Å². The van der Waals surface area contributed by atoms with Gasteiger partial charge < -0.3 is 18.9 Å². The maximum absolute atomic E-state index is 15.7. The third-order valence-corrected chi connectivity index (χ3v) is 16.6. The van der Waals surface area contributed by atoms with Gasteiger partial charge in [0.25, 0.3) is 23.6 Å². The van der Waals surface area contributed by atoms with Crippen molar-refractivity contribution in [2.24, 2.45) is 5.92 Å². The van der Waals surface area contributed by atoms with Crippen LogP contribution in [0.25, 0.3) is 43.1 Å². The first kappa shape index (κ1) is 55.7. The van der Waals surface area contributed by atoms with Crippen molar-refractivity contribution < 1.29 is 38.1 Å². The Morgan fingerprint density at radius 2 is 0.671 bits per heavy atom. The molecule has 2 heterocycles. The van der Waals surface area contributed by atoms with E-state index in [-0.39, 0.29) is 79.4 Å².